The summed E-state index contributed by atoms with van der Waals surface area (Å²) in [5.74, 6) is -0.306. The summed E-state index contributed by atoms with van der Waals surface area (Å²) in [7, 11) is 0. The molecule has 0 aliphatic heterocycles. The van der Waals surface area contributed by atoms with Crippen molar-refractivity contribution in [2.75, 3.05) is 0 Å². The van der Waals surface area contributed by atoms with Crippen molar-refractivity contribution >= 4 is 0 Å². The van der Waals surface area contributed by atoms with Gasteiger partial charge in [0.1, 0.15) is 0 Å². The highest BCUT2D eigenvalue weighted by Crippen LogP contribution is 2.30. The average molecular weight is 105 g/mol. The molecule has 0 amide bonds. The third-order valence-electron chi connectivity index (χ3n) is 1.30. The fourth-order valence-electron chi connectivity index (χ4n) is 0.565. The maximum atomic E-state index is 11.5. The van der Waals surface area contributed by atoms with Crippen LogP contribution < -0.4 is 0 Å². The Bertz CT molecular complexity index is 57.1. The van der Waals surface area contributed by atoms with Gasteiger partial charge >= 0.3 is 0 Å². The lowest BCUT2D eigenvalue weighted by Gasteiger charge is -2.23. The maximum absolute atomic E-state index is 11.5. The molecule has 0 aromatic carbocycles. The van der Waals surface area contributed by atoms with Crippen molar-refractivity contribution in [3.63, 3.8) is 0 Å². The SMILES string of the molecule is FC(F)C1C[CH]C1. The van der Waals surface area contributed by atoms with Gasteiger partial charge in [-0.15, -0.1) is 0 Å². The number of rotatable bonds is 1. The van der Waals surface area contributed by atoms with Crippen molar-refractivity contribution in [2.24, 2.45) is 5.92 Å². The highest BCUT2D eigenvalue weighted by Gasteiger charge is 2.26. The fourth-order valence-corrected chi connectivity index (χ4v) is 0.565. The van der Waals surface area contributed by atoms with Crippen LogP contribution in [0.3, 0.4) is 0 Å². The standard InChI is InChI=1S/C5H7F2/c6-5(7)4-2-1-3-4/h1,4-5H,2-3H2. The van der Waals surface area contributed by atoms with E-state index in [2.05, 4.69) is 0 Å². The van der Waals surface area contributed by atoms with E-state index >= 15 is 0 Å². The first kappa shape index (κ1) is 5.01. The van der Waals surface area contributed by atoms with Gasteiger partial charge in [0.25, 0.3) is 0 Å². The van der Waals surface area contributed by atoms with Gasteiger partial charge in [-0.3, -0.25) is 0 Å². The largest absolute Gasteiger partial charge is 0.241 e. The molecule has 0 heterocycles. The van der Waals surface area contributed by atoms with Crippen molar-refractivity contribution in [3.05, 3.63) is 6.42 Å². The van der Waals surface area contributed by atoms with Crippen LogP contribution in [-0.2, 0) is 0 Å². The molecular weight excluding hydrogens is 98.1 g/mol. The van der Waals surface area contributed by atoms with E-state index in [4.69, 9.17) is 0 Å². The molecule has 0 N–H and O–H groups in total. The Kier molecular flexibility index (Phi) is 1.26. The van der Waals surface area contributed by atoms with Crippen molar-refractivity contribution in [2.45, 2.75) is 19.3 Å². The van der Waals surface area contributed by atoms with Crippen LogP contribution in [0.25, 0.3) is 0 Å². The van der Waals surface area contributed by atoms with Crippen LogP contribution in [-0.4, -0.2) is 6.43 Å². The van der Waals surface area contributed by atoms with Gasteiger partial charge in [-0.05, 0) is 19.3 Å². The first-order valence-corrected chi connectivity index (χ1v) is 2.40. The predicted octanol–water partition coefficient (Wildman–Crippen LogP) is 1.87. The quantitative estimate of drug-likeness (QED) is 0.477. The van der Waals surface area contributed by atoms with E-state index in [0.29, 0.717) is 12.8 Å². The molecule has 0 spiro atoms. The number of alkyl halides is 2. The molecule has 1 saturated carbocycles. The Morgan fingerprint density at radius 1 is 1.43 bits per heavy atom. The second kappa shape index (κ2) is 1.76. The van der Waals surface area contributed by atoms with E-state index in [-0.39, 0.29) is 5.92 Å². The van der Waals surface area contributed by atoms with Crippen LogP contribution in [0.4, 0.5) is 8.78 Å². The number of hydrogen-bond acceptors (Lipinski definition) is 0. The second-order valence-electron chi connectivity index (χ2n) is 1.85. The van der Waals surface area contributed by atoms with Gasteiger partial charge in [-0.25, -0.2) is 8.78 Å². The molecule has 0 nitrogen and oxygen atoms in total. The molecule has 2 heteroatoms. The second-order valence-corrected chi connectivity index (χ2v) is 1.85. The predicted molar refractivity (Wildman–Crippen MR) is 23.0 cm³/mol. The summed E-state index contributed by atoms with van der Waals surface area (Å²) in [5, 5.41) is 0. The lowest BCUT2D eigenvalue weighted by atomic mass is 9.86. The molecule has 0 unspecified atom stereocenters. The highest BCUT2D eigenvalue weighted by atomic mass is 19.3. The molecule has 0 aromatic heterocycles. The first-order valence-electron chi connectivity index (χ1n) is 2.40. The van der Waals surface area contributed by atoms with Crippen LogP contribution in [0.1, 0.15) is 12.8 Å². The Morgan fingerprint density at radius 2 is 2.00 bits per heavy atom. The van der Waals surface area contributed by atoms with E-state index in [0.717, 1.165) is 0 Å². The van der Waals surface area contributed by atoms with Gasteiger partial charge in [0.15, 0.2) is 0 Å². The van der Waals surface area contributed by atoms with Gasteiger partial charge in [0, 0.05) is 5.92 Å². The molecule has 0 bridgehead atoms. The molecule has 1 rings (SSSR count). The molecule has 1 fully saturated rings. The van der Waals surface area contributed by atoms with Crippen LogP contribution in [0.2, 0.25) is 0 Å². The Labute approximate surface area is 41.5 Å². The van der Waals surface area contributed by atoms with Gasteiger partial charge in [-0.2, -0.15) is 0 Å². The summed E-state index contributed by atoms with van der Waals surface area (Å²) in [6.07, 6.45) is 1.05. The summed E-state index contributed by atoms with van der Waals surface area (Å²) in [6, 6.07) is 0. The molecule has 1 aliphatic carbocycles. The van der Waals surface area contributed by atoms with E-state index < -0.39 is 6.43 Å². The molecular formula is C5H7F2. The first-order chi connectivity index (χ1) is 3.30. The minimum atomic E-state index is -2.08. The van der Waals surface area contributed by atoms with Crippen molar-refractivity contribution < 1.29 is 8.78 Å². The fraction of sp³-hybridized carbons (Fsp3) is 0.800. The van der Waals surface area contributed by atoms with Crippen molar-refractivity contribution in [3.8, 4) is 0 Å². The van der Waals surface area contributed by atoms with Crippen LogP contribution >= 0.6 is 0 Å². The van der Waals surface area contributed by atoms with Crippen molar-refractivity contribution in [1.82, 2.24) is 0 Å². The summed E-state index contributed by atoms with van der Waals surface area (Å²) >= 11 is 0. The Morgan fingerprint density at radius 3 is 2.00 bits per heavy atom. The zero-order valence-corrected chi connectivity index (χ0v) is 3.90. The van der Waals surface area contributed by atoms with E-state index in [1.54, 1.807) is 0 Å². The summed E-state index contributed by atoms with van der Waals surface area (Å²) in [4.78, 5) is 0. The molecule has 1 radical (unpaired) electrons. The van der Waals surface area contributed by atoms with Gasteiger partial charge < -0.3 is 0 Å². The molecule has 0 atom stereocenters. The smallest absolute Gasteiger partial charge is 0.210 e. The minimum absolute atomic E-state index is 0.306. The topological polar surface area (TPSA) is 0 Å². The minimum Gasteiger partial charge on any atom is -0.210 e. The lowest BCUT2D eigenvalue weighted by Crippen LogP contribution is -2.19. The number of hydrogen-bond donors (Lipinski definition) is 0. The normalized spacial score (nSPS) is 22.7. The monoisotopic (exact) mass is 105 g/mol. The lowest BCUT2D eigenvalue weighted by molar-refractivity contribution is 0.0549. The van der Waals surface area contributed by atoms with E-state index in [9.17, 15) is 8.78 Å². The van der Waals surface area contributed by atoms with Crippen LogP contribution in [0.5, 0.6) is 0 Å². The van der Waals surface area contributed by atoms with E-state index in [1.807, 2.05) is 6.42 Å². The summed E-state index contributed by atoms with van der Waals surface area (Å²) in [5.41, 5.74) is 0. The van der Waals surface area contributed by atoms with Crippen LogP contribution in [0.15, 0.2) is 0 Å². The molecule has 0 saturated heterocycles. The summed E-state index contributed by atoms with van der Waals surface area (Å²) < 4.78 is 22.9. The number of halogens is 2. The van der Waals surface area contributed by atoms with Gasteiger partial charge in [-0.1, -0.05) is 0 Å². The highest BCUT2D eigenvalue weighted by molar-refractivity contribution is 4.86. The Balaban J connectivity index is 2.14. The summed E-state index contributed by atoms with van der Waals surface area (Å²) in [6.45, 7) is 0. The van der Waals surface area contributed by atoms with Gasteiger partial charge in [0.2, 0.25) is 6.43 Å². The van der Waals surface area contributed by atoms with Gasteiger partial charge in [0.05, 0.1) is 0 Å². The Hall–Kier alpha value is -0.140. The third kappa shape index (κ3) is 0.898. The van der Waals surface area contributed by atoms with E-state index in [1.165, 1.54) is 0 Å². The van der Waals surface area contributed by atoms with Crippen molar-refractivity contribution in [1.29, 1.82) is 0 Å². The molecule has 41 valence electrons. The average Bonchev–Trinajstić information content (AvgIpc) is 1.23. The zero-order valence-electron chi connectivity index (χ0n) is 3.90. The maximum Gasteiger partial charge on any atom is 0.241 e. The molecule has 7 heavy (non-hydrogen) atoms. The van der Waals surface area contributed by atoms with Crippen LogP contribution in [0, 0.1) is 12.3 Å². The molecule has 1 aliphatic rings. The molecule has 0 aromatic rings. The third-order valence-corrected chi connectivity index (χ3v) is 1.30. The zero-order chi connectivity index (χ0) is 5.28.